The van der Waals surface area contributed by atoms with Gasteiger partial charge in [-0.2, -0.15) is 18.2 Å². The zero-order valence-electron chi connectivity index (χ0n) is 12.4. The van der Waals surface area contributed by atoms with Crippen molar-refractivity contribution >= 4 is 38.4 Å². The van der Waals surface area contributed by atoms with Gasteiger partial charge in [-0.25, -0.2) is 8.42 Å². The fourth-order valence-corrected chi connectivity index (χ4v) is 6.86. The van der Waals surface area contributed by atoms with Crippen molar-refractivity contribution in [1.82, 2.24) is 0 Å². The van der Waals surface area contributed by atoms with Gasteiger partial charge in [0.1, 0.15) is 0 Å². The summed E-state index contributed by atoms with van der Waals surface area (Å²) in [6, 6.07) is 4.24. The van der Waals surface area contributed by atoms with E-state index in [1.165, 1.54) is 30.0 Å². The summed E-state index contributed by atoms with van der Waals surface area (Å²) in [7, 11) is -3.33. The number of fused-ring (bicyclic) bond motifs is 1. The van der Waals surface area contributed by atoms with E-state index in [2.05, 4.69) is 4.99 Å². The molecule has 2 fully saturated rings. The fraction of sp³-hybridized carbons (Fsp3) is 0.429. The lowest BCUT2D eigenvalue weighted by Crippen LogP contribution is -2.38. The Kier molecular flexibility index (Phi) is 4.15. The van der Waals surface area contributed by atoms with Gasteiger partial charge in [0.15, 0.2) is 15.0 Å². The highest BCUT2D eigenvalue weighted by atomic mass is 32.2. The molecule has 2 saturated heterocycles. The van der Waals surface area contributed by atoms with Gasteiger partial charge >= 0.3 is 6.18 Å². The van der Waals surface area contributed by atoms with E-state index in [-0.39, 0.29) is 22.4 Å². The standard InChI is InChI=1S/C14H13F3N2O3S2/c1-8(20)18-13-19(11-6-24(21,22)7-12(11)23-13)10-5-3-2-4-9(10)14(15,16)17/h2-5,11-12H,6-7H2,1H3/t11-,12-/m1/s1. The van der Waals surface area contributed by atoms with Crippen LogP contribution < -0.4 is 4.90 Å². The molecule has 3 rings (SSSR count). The summed E-state index contributed by atoms with van der Waals surface area (Å²) in [5.74, 6) is -0.938. The van der Waals surface area contributed by atoms with E-state index in [0.717, 1.165) is 17.8 Å². The number of alkyl halides is 3. The van der Waals surface area contributed by atoms with Gasteiger partial charge in [0.05, 0.1) is 28.8 Å². The molecule has 24 heavy (non-hydrogen) atoms. The second-order valence-corrected chi connectivity index (χ2v) is 8.96. The van der Waals surface area contributed by atoms with Crippen LogP contribution in [0.25, 0.3) is 0 Å². The fourth-order valence-electron chi connectivity index (χ4n) is 2.90. The highest BCUT2D eigenvalue weighted by molar-refractivity contribution is 8.16. The normalized spacial score (nSPS) is 27.5. The van der Waals surface area contributed by atoms with Crippen molar-refractivity contribution in [1.29, 1.82) is 0 Å². The molecule has 0 bridgehead atoms. The summed E-state index contributed by atoms with van der Waals surface area (Å²) in [4.78, 5) is 16.4. The number of aliphatic imine (C=N–C) groups is 1. The summed E-state index contributed by atoms with van der Waals surface area (Å²) in [5, 5.41) is -0.321. The maximum absolute atomic E-state index is 13.3. The number of anilines is 1. The number of hydrogen-bond donors (Lipinski definition) is 0. The number of amidine groups is 1. The van der Waals surface area contributed by atoms with E-state index in [9.17, 15) is 26.4 Å². The maximum Gasteiger partial charge on any atom is 0.418 e. The quantitative estimate of drug-likeness (QED) is 0.750. The minimum atomic E-state index is -4.60. The Morgan fingerprint density at radius 3 is 2.58 bits per heavy atom. The molecule has 0 saturated carbocycles. The number of benzene rings is 1. The van der Waals surface area contributed by atoms with Crippen LogP contribution in [0.15, 0.2) is 29.3 Å². The first-order valence-corrected chi connectivity index (χ1v) is 9.70. The monoisotopic (exact) mass is 378 g/mol. The predicted octanol–water partition coefficient (Wildman–Crippen LogP) is 2.33. The molecule has 0 aromatic heterocycles. The van der Waals surface area contributed by atoms with E-state index < -0.39 is 38.8 Å². The molecule has 1 amide bonds. The number of carbonyl (C=O) groups excluding carboxylic acids is 1. The lowest BCUT2D eigenvalue weighted by atomic mass is 10.1. The highest BCUT2D eigenvalue weighted by Crippen LogP contribution is 2.45. The number of para-hydroxylation sites is 1. The molecule has 5 nitrogen and oxygen atoms in total. The highest BCUT2D eigenvalue weighted by Gasteiger charge is 2.51. The average molecular weight is 378 g/mol. The van der Waals surface area contributed by atoms with Gasteiger partial charge in [-0.05, 0) is 12.1 Å². The number of rotatable bonds is 1. The lowest BCUT2D eigenvalue weighted by Gasteiger charge is -2.27. The Morgan fingerprint density at radius 1 is 1.29 bits per heavy atom. The molecule has 2 heterocycles. The van der Waals surface area contributed by atoms with Crippen LogP contribution in [-0.4, -0.2) is 42.3 Å². The van der Waals surface area contributed by atoms with Crippen LogP contribution in [0.4, 0.5) is 18.9 Å². The molecule has 0 spiro atoms. The van der Waals surface area contributed by atoms with Crippen molar-refractivity contribution in [3.05, 3.63) is 29.8 Å². The van der Waals surface area contributed by atoms with Gasteiger partial charge in [0, 0.05) is 12.2 Å². The zero-order chi connectivity index (χ0) is 17.7. The number of hydrogen-bond acceptors (Lipinski definition) is 4. The maximum atomic E-state index is 13.3. The topological polar surface area (TPSA) is 66.8 Å². The average Bonchev–Trinajstić information content (AvgIpc) is 2.88. The summed E-state index contributed by atoms with van der Waals surface area (Å²) < 4.78 is 63.7. The predicted molar refractivity (Wildman–Crippen MR) is 85.9 cm³/mol. The lowest BCUT2D eigenvalue weighted by molar-refractivity contribution is -0.137. The first-order chi connectivity index (χ1) is 11.1. The molecule has 10 heteroatoms. The van der Waals surface area contributed by atoms with E-state index in [1.807, 2.05) is 0 Å². The molecule has 1 aromatic carbocycles. The van der Waals surface area contributed by atoms with Crippen molar-refractivity contribution in [2.24, 2.45) is 4.99 Å². The van der Waals surface area contributed by atoms with Gasteiger partial charge in [0.2, 0.25) is 5.91 Å². The Morgan fingerprint density at radius 2 is 1.96 bits per heavy atom. The smallest absolute Gasteiger partial charge is 0.315 e. The Balaban J connectivity index is 2.14. The van der Waals surface area contributed by atoms with Crippen molar-refractivity contribution in [3.8, 4) is 0 Å². The molecule has 2 aliphatic rings. The largest absolute Gasteiger partial charge is 0.418 e. The van der Waals surface area contributed by atoms with E-state index in [0.29, 0.717) is 0 Å². The molecule has 0 unspecified atom stereocenters. The van der Waals surface area contributed by atoms with Crippen LogP contribution in [0.3, 0.4) is 0 Å². The number of carbonyl (C=O) groups is 1. The third kappa shape index (κ3) is 3.16. The number of thioether (sulfide) groups is 1. The summed E-state index contributed by atoms with van der Waals surface area (Å²) in [6.45, 7) is 1.20. The van der Waals surface area contributed by atoms with Crippen molar-refractivity contribution in [2.45, 2.75) is 24.4 Å². The third-order valence-corrected chi connectivity index (χ3v) is 7.00. The van der Waals surface area contributed by atoms with Crippen LogP contribution in [0.5, 0.6) is 0 Å². The van der Waals surface area contributed by atoms with Gasteiger partial charge < -0.3 is 4.90 Å². The minimum absolute atomic E-state index is 0.115. The molecule has 0 N–H and O–H groups in total. The summed E-state index contributed by atoms with van der Waals surface area (Å²) in [5.41, 5.74) is -1.06. The van der Waals surface area contributed by atoms with E-state index in [4.69, 9.17) is 0 Å². The first kappa shape index (κ1) is 17.3. The van der Waals surface area contributed by atoms with Crippen LogP contribution in [-0.2, 0) is 20.8 Å². The van der Waals surface area contributed by atoms with Crippen LogP contribution in [0, 0.1) is 0 Å². The molecule has 0 radical (unpaired) electrons. The Labute approximate surface area is 140 Å². The van der Waals surface area contributed by atoms with Crippen LogP contribution >= 0.6 is 11.8 Å². The Bertz CT molecular complexity index is 821. The number of nitrogens with zero attached hydrogens (tertiary/aromatic N) is 2. The molecule has 2 aliphatic heterocycles. The second-order valence-electron chi connectivity index (χ2n) is 5.60. The molecular weight excluding hydrogens is 365 g/mol. The van der Waals surface area contributed by atoms with Gasteiger partial charge in [-0.15, -0.1) is 0 Å². The van der Waals surface area contributed by atoms with E-state index in [1.54, 1.807) is 0 Å². The van der Waals surface area contributed by atoms with Crippen molar-refractivity contribution in [3.63, 3.8) is 0 Å². The van der Waals surface area contributed by atoms with Gasteiger partial charge in [-0.3, -0.25) is 4.79 Å². The van der Waals surface area contributed by atoms with Crippen molar-refractivity contribution in [2.75, 3.05) is 16.4 Å². The van der Waals surface area contributed by atoms with Crippen LogP contribution in [0.2, 0.25) is 0 Å². The SMILES string of the molecule is CC(=O)N=C1S[C@@H]2CS(=O)(=O)C[C@H]2N1c1ccccc1C(F)(F)F. The zero-order valence-corrected chi connectivity index (χ0v) is 14.1. The Hall–Kier alpha value is -1.55. The molecule has 2 atom stereocenters. The molecule has 130 valence electrons. The third-order valence-electron chi connectivity index (χ3n) is 3.79. The summed E-state index contributed by atoms with van der Waals surface area (Å²) in [6.07, 6.45) is -4.60. The summed E-state index contributed by atoms with van der Waals surface area (Å²) >= 11 is 1.04. The van der Waals surface area contributed by atoms with Crippen molar-refractivity contribution < 1.29 is 26.4 Å². The first-order valence-electron chi connectivity index (χ1n) is 7.00. The number of sulfone groups is 1. The van der Waals surface area contributed by atoms with Crippen LogP contribution in [0.1, 0.15) is 12.5 Å². The molecular formula is C14H13F3N2O3S2. The number of halogens is 3. The molecule has 0 aliphatic carbocycles. The molecule has 1 aromatic rings. The number of amides is 1. The minimum Gasteiger partial charge on any atom is -0.315 e. The second kappa shape index (κ2) is 5.76. The van der Waals surface area contributed by atoms with Gasteiger partial charge in [0.25, 0.3) is 0 Å². The van der Waals surface area contributed by atoms with E-state index >= 15 is 0 Å². The van der Waals surface area contributed by atoms with Gasteiger partial charge in [-0.1, -0.05) is 23.9 Å².